The van der Waals surface area contributed by atoms with Gasteiger partial charge in [0.1, 0.15) is 43.7 Å². The van der Waals surface area contributed by atoms with Crippen LogP contribution in [0, 0.1) is 0 Å². The Morgan fingerprint density at radius 2 is 1.63 bits per heavy atom. The van der Waals surface area contributed by atoms with E-state index >= 15 is 0 Å². The van der Waals surface area contributed by atoms with Gasteiger partial charge < -0.3 is 29.5 Å². The predicted octanol–water partition coefficient (Wildman–Crippen LogP) is 4.42. The summed E-state index contributed by atoms with van der Waals surface area (Å²) in [7, 11) is 1.74. The highest BCUT2D eigenvalue weighted by atomic mass is 16.6. The molecule has 348 valence electrons. The van der Waals surface area contributed by atoms with Gasteiger partial charge in [-0.05, 0) is 60.0 Å². The van der Waals surface area contributed by atoms with Crippen LogP contribution in [0.5, 0.6) is 5.75 Å². The number of rotatable bonds is 15. The van der Waals surface area contributed by atoms with Crippen LogP contribution in [0.1, 0.15) is 29.4 Å². The molecule has 6 aromatic rings. The number of nitrogens with zero attached hydrogens (tertiary/aromatic N) is 7. The number of pyridine rings is 2. The van der Waals surface area contributed by atoms with Crippen molar-refractivity contribution in [3.05, 3.63) is 150 Å². The Hall–Kier alpha value is -8.29. The Balaban J connectivity index is 1.08. The second kappa shape index (κ2) is 20.9. The molecule has 0 radical (unpaired) electrons. The number of nitrogens with one attached hydrogen (secondary N) is 3. The lowest BCUT2D eigenvalue weighted by molar-refractivity contribution is -0.985. The van der Waals surface area contributed by atoms with Crippen molar-refractivity contribution in [3.63, 3.8) is 0 Å². The molecule has 2 aliphatic heterocycles. The van der Waals surface area contributed by atoms with Crippen LogP contribution in [-0.2, 0) is 43.5 Å². The van der Waals surface area contributed by atoms with Crippen molar-refractivity contribution >= 4 is 52.8 Å². The van der Waals surface area contributed by atoms with Gasteiger partial charge in [0, 0.05) is 36.9 Å². The zero-order valence-electron chi connectivity index (χ0n) is 37.3. The highest BCUT2D eigenvalue weighted by molar-refractivity contribution is 5.93. The second-order valence-electron chi connectivity index (χ2n) is 16.1. The lowest BCUT2D eigenvalue weighted by Gasteiger charge is -2.56. The van der Waals surface area contributed by atoms with Gasteiger partial charge in [0.25, 0.3) is 0 Å². The number of hydrogen-bond donors (Lipinski definition) is 3. The number of esters is 1. The summed E-state index contributed by atoms with van der Waals surface area (Å²) in [5, 5.41) is 14.6. The van der Waals surface area contributed by atoms with Gasteiger partial charge in [0.05, 0.1) is 31.4 Å². The van der Waals surface area contributed by atoms with Gasteiger partial charge in [-0.1, -0.05) is 84.0 Å². The molecule has 19 heteroatoms. The molecule has 0 bridgehead atoms. The van der Waals surface area contributed by atoms with Crippen molar-refractivity contribution in [1.29, 1.82) is 0 Å². The molecule has 2 aliphatic rings. The van der Waals surface area contributed by atoms with Crippen LogP contribution in [0.25, 0.3) is 28.4 Å². The van der Waals surface area contributed by atoms with Crippen LogP contribution >= 0.6 is 0 Å². The van der Waals surface area contributed by atoms with Crippen LogP contribution in [0.3, 0.4) is 0 Å². The number of carbonyl (C=O) groups is 6. The van der Waals surface area contributed by atoms with Crippen LogP contribution in [0.2, 0.25) is 0 Å². The molecule has 68 heavy (non-hydrogen) atoms. The molecule has 3 N–H and O–H groups in total. The minimum absolute atomic E-state index is 0.00589. The maximum Gasteiger partial charge on any atom is 0.438 e. The van der Waals surface area contributed by atoms with Crippen LogP contribution in [-0.4, -0.2) is 122 Å². The molecule has 2 fully saturated rings. The summed E-state index contributed by atoms with van der Waals surface area (Å²) < 4.78 is 15.4. The third-order valence-corrected chi connectivity index (χ3v) is 11.7. The fourth-order valence-corrected chi connectivity index (χ4v) is 8.18. The molecule has 3 aromatic heterocycles. The maximum atomic E-state index is 15.0. The summed E-state index contributed by atoms with van der Waals surface area (Å²) >= 11 is 0. The first-order chi connectivity index (χ1) is 33.0. The molecule has 0 saturated carbocycles. The molecule has 3 aromatic carbocycles. The molecule has 3 atom stereocenters. The third kappa shape index (κ3) is 10.5. The third-order valence-electron chi connectivity index (χ3n) is 11.7. The van der Waals surface area contributed by atoms with Crippen molar-refractivity contribution in [2.75, 3.05) is 39.8 Å². The quantitative estimate of drug-likeness (QED) is 0.0962. The number of ether oxygens (including phenoxy) is 2. The van der Waals surface area contributed by atoms with Gasteiger partial charge in [0.2, 0.25) is 23.9 Å². The minimum Gasteiger partial charge on any atom is -0.465 e. The first-order valence-electron chi connectivity index (χ1n) is 21.9. The van der Waals surface area contributed by atoms with Gasteiger partial charge in [0.15, 0.2) is 5.76 Å². The van der Waals surface area contributed by atoms with E-state index in [1.807, 2.05) is 66.7 Å². The summed E-state index contributed by atoms with van der Waals surface area (Å²) in [6.07, 6.45) is 4.86. The first-order valence-corrected chi connectivity index (χ1v) is 21.9. The molecule has 0 aliphatic carbocycles. The van der Waals surface area contributed by atoms with Gasteiger partial charge in [-0.25, -0.2) is 9.59 Å². The molecule has 3 unspecified atom stereocenters. The Labute approximate surface area is 390 Å². The standard InChI is InChI=1S/C49H48N10O9/c1-3-66-46(62)28-52-43(60)27-54-49(65)67-36-20-17-33(18-21-36)19-22-42-47(63)56(29-35-13-9-16-39-38(35)14-10-24-50-39)31-44-58(42)45(61)32-57(30-37-25-41(55-68-37)40-15-7-8-23-51-40)59(44,2)48(64)53-26-34-11-5-4-6-12-34/h4-25,42,44H,3,26-32H2,1-2H3,(H2-,52,53,54,60,64,65)/p+1/b22-19+. The van der Waals surface area contributed by atoms with Gasteiger partial charge >= 0.3 is 18.1 Å². The molecule has 5 heterocycles. The van der Waals surface area contributed by atoms with E-state index in [1.54, 1.807) is 78.8 Å². The average Bonchev–Trinajstić information content (AvgIpc) is 3.83. The van der Waals surface area contributed by atoms with Crippen molar-refractivity contribution in [2.45, 2.75) is 38.8 Å². The van der Waals surface area contributed by atoms with E-state index in [1.165, 1.54) is 17.0 Å². The number of piperazine rings is 1. The lowest BCUT2D eigenvalue weighted by Crippen LogP contribution is -2.82. The smallest absolute Gasteiger partial charge is 0.438 e. The monoisotopic (exact) mass is 921 g/mol. The van der Waals surface area contributed by atoms with Crippen LogP contribution in [0.15, 0.2) is 132 Å². The molecule has 19 nitrogen and oxygen atoms in total. The normalized spacial score (nSPS) is 18.3. The summed E-state index contributed by atoms with van der Waals surface area (Å²) in [5.41, 5.74) is 4.16. The van der Waals surface area contributed by atoms with Gasteiger partial charge in [-0.15, -0.1) is 9.60 Å². The SMILES string of the molecule is CCOC(=O)CNC(=O)CNC(=O)Oc1ccc(/C=C/C2C(=O)N(Cc3cccc4ncccc34)CC3N2C(=O)CN(Cc2cc(-c4ccccn4)no2)[N+]3(C)C(=O)NCc2ccccc2)cc1. The number of likely N-dealkylation sites (N-methyl/N-ethyl adjacent to an activating group) is 1. The predicted molar refractivity (Wildman–Crippen MR) is 246 cm³/mol. The zero-order valence-corrected chi connectivity index (χ0v) is 37.3. The summed E-state index contributed by atoms with van der Waals surface area (Å²) in [6.45, 7) is 1.17. The first kappa shape index (κ1) is 46.2. The van der Waals surface area contributed by atoms with E-state index in [4.69, 9.17) is 14.0 Å². The van der Waals surface area contributed by atoms with Crippen molar-refractivity contribution < 1.29 is 47.4 Å². The van der Waals surface area contributed by atoms with E-state index in [9.17, 15) is 28.8 Å². The average molecular weight is 922 g/mol. The molecule has 6 amide bonds. The van der Waals surface area contributed by atoms with E-state index in [0.717, 1.165) is 22.0 Å². The Morgan fingerprint density at radius 1 is 0.838 bits per heavy atom. The van der Waals surface area contributed by atoms with Gasteiger partial charge in [-0.3, -0.25) is 39.4 Å². The van der Waals surface area contributed by atoms with E-state index in [0.29, 0.717) is 22.7 Å². The number of aromatic nitrogens is 3. The number of fused-ring (bicyclic) bond motifs is 2. The summed E-state index contributed by atoms with van der Waals surface area (Å²) in [5.74, 6) is -1.39. The number of quaternary nitrogens is 1. The largest absolute Gasteiger partial charge is 0.465 e. The van der Waals surface area contributed by atoms with Crippen molar-refractivity contribution in [3.8, 4) is 17.1 Å². The Bertz CT molecular complexity index is 2820. The highest BCUT2D eigenvalue weighted by Crippen LogP contribution is 2.35. The molecule has 8 rings (SSSR count). The number of hydrogen-bond acceptors (Lipinski definition) is 13. The Morgan fingerprint density at radius 3 is 2.41 bits per heavy atom. The van der Waals surface area contributed by atoms with Crippen LogP contribution < -0.4 is 20.7 Å². The maximum absolute atomic E-state index is 15.0. The Kier molecular flexibility index (Phi) is 14.2. The van der Waals surface area contributed by atoms with Crippen LogP contribution in [0.4, 0.5) is 9.59 Å². The minimum atomic E-state index is -1.14. The fourth-order valence-electron chi connectivity index (χ4n) is 8.18. The van der Waals surface area contributed by atoms with E-state index < -0.39 is 47.3 Å². The highest BCUT2D eigenvalue weighted by Gasteiger charge is 2.60. The van der Waals surface area contributed by atoms with Gasteiger partial charge in [-0.2, -0.15) is 0 Å². The summed E-state index contributed by atoms with van der Waals surface area (Å²) in [4.78, 5) is 92.6. The molecular formula is C49H49N10O9+. The number of urea groups is 1. The van der Waals surface area contributed by atoms with Crippen molar-refractivity contribution in [2.24, 2.45) is 0 Å². The fraction of sp³-hybridized carbons (Fsp3) is 0.245. The lowest BCUT2D eigenvalue weighted by atomic mass is 10.0. The van der Waals surface area contributed by atoms with E-state index in [2.05, 4.69) is 31.1 Å². The topological polar surface area (TPSA) is 218 Å². The zero-order chi connectivity index (χ0) is 47.6. The number of carbonyl (C=O) groups excluding carboxylic acids is 6. The second-order valence-corrected chi connectivity index (χ2v) is 16.1. The van der Waals surface area contributed by atoms with E-state index in [-0.39, 0.29) is 63.4 Å². The molecular weight excluding hydrogens is 873 g/mol. The molecule has 2 saturated heterocycles. The van der Waals surface area contributed by atoms with Crippen molar-refractivity contribution in [1.82, 2.24) is 45.9 Å². The number of benzene rings is 3. The number of amides is 6. The summed E-state index contributed by atoms with van der Waals surface area (Å²) in [6, 6.07) is 31.0. The molecule has 0 spiro atoms.